The summed E-state index contributed by atoms with van der Waals surface area (Å²) in [7, 11) is 0. The Balaban J connectivity index is 1.61. The van der Waals surface area contributed by atoms with Crippen LogP contribution >= 0.6 is 11.6 Å². The van der Waals surface area contributed by atoms with E-state index in [0.29, 0.717) is 36.8 Å². The minimum absolute atomic E-state index is 0.00777. The zero-order chi connectivity index (χ0) is 21.0. The Morgan fingerprint density at radius 2 is 1.66 bits per heavy atom. The third-order valence-corrected chi connectivity index (χ3v) is 6.48. The number of benzene rings is 1. The quantitative estimate of drug-likeness (QED) is 0.770. The highest BCUT2D eigenvalue weighted by molar-refractivity contribution is 6.30. The average Bonchev–Trinajstić information content (AvgIpc) is 2.70. The van der Waals surface area contributed by atoms with Crippen LogP contribution in [0.4, 0.5) is 0 Å². The van der Waals surface area contributed by atoms with Gasteiger partial charge in [0.1, 0.15) is 6.04 Å². The zero-order valence-electron chi connectivity index (χ0n) is 17.2. The van der Waals surface area contributed by atoms with E-state index in [1.165, 1.54) is 0 Å². The summed E-state index contributed by atoms with van der Waals surface area (Å²) in [5.74, 6) is 0.0755. The highest BCUT2D eigenvalue weighted by Gasteiger charge is 2.35. The van der Waals surface area contributed by atoms with Gasteiger partial charge in [-0.15, -0.1) is 0 Å². The molecule has 1 saturated carbocycles. The van der Waals surface area contributed by atoms with Crippen LogP contribution in [0.5, 0.6) is 0 Å². The second kappa shape index (κ2) is 9.61. The van der Waals surface area contributed by atoms with Crippen molar-refractivity contribution in [3.63, 3.8) is 0 Å². The maximum Gasteiger partial charge on any atom is 0.251 e. The number of carbonyl (C=O) groups is 3. The van der Waals surface area contributed by atoms with E-state index in [2.05, 4.69) is 5.32 Å². The van der Waals surface area contributed by atoms with Crippen molar-refractivity contribution in [1.29, 1.82) is 0 Å². The number of hydrogen-bond donors (Lipinski definition) is 1. The monoisotopic (exact) mass is 419 g/mol. The topological polar surface area (TPSA) is 69.7 Å². The zero-order valence-corrected chi connectivity index (χ0v) is 18.0. The summed E-state index contributed by atoms with van der Waals surface area (Å²) in [6.07, 6.45) is 3.89. The highest BCUT2D eigenvalue weighted by atomic mass is 35.5. The molecular formula is C22H30ClN3O3. The lowest BCUT2D eigenvalue weighted by Crippen LogP contribution is -2.58. The first-order valence-corrected chi connectivity index (χ1v) is 10.9. The Morgan fingerprint density at radius 1 is 1.07 bits per heavy atom. The molecule has 0 radical (unpaired) electrons. The second-order valence-electron chi connectivity index (χ2n) is 8.12. The number of piperazine rings is 1. The van der Waals surface area contributed by atoms with Crippen molar-refractivity contribution in [2.24, 2.45) is 11.8 Å². The second-order valence-corrected chi connectivity index (χ2v) is 8.56. The Hall–Kier alpha value is -2.08. The molecule has 0 aromatic heterocycles. The van der Waals surface area contributed by atoms with Crippen molar-refractivity contribution in [1.82, 2.24) is 15.1 Å². The molecule has 2 aliphatic rings. The molecule has 1 heterocycles. The van der Waals surface area contributed by atoms with Gasteiger partial charge < -0.3 is 15.1 Å². The number of halogens is 1. The molecular weight excluding hydrogens is 390 g/mol. The summed E-state index contributed by atoms with van der Waals surface area (Å²) in [5.41, 5.74) is 0.478. The van der Waals surface area contributed by atoms with Crippen molar-refractivity contribution >= 4 is 29.3 Å². The molecule has 3 amide bonds. The summed E-state index contributed by atoms with van der Waals surface area (Å²) in [6, 6.07) is 6.04. The standard InChI is InChI=1S/C22H30ClN3O3/c1-3-15(2)19(24-20(27)16-7-9-18(23)10-8-16)22(29)26-13-11-25(12-14-26)21(28)17-5-4-6-17/h7-10,15,17,19H,3-6,11-14H2,1-2H3,(H,24,27). The first kappa shape index (κ1) is 21.6. The van der Waals surface area contributed by atoms with Crippen molar-refractivity contribution in [2.75, 3.05) is 26.2 Å². The molecule has 1 aromatic rings. The lowest BCUT2D eigenvalue weighted by Gasteiger charge is -2.39. The van der Waals surface area contributed by atoms with Gasteiger partial charge >= 0.3 is 0 Å². The highest BCUT2D eigenvalue weighted by Crippen LogP contribution is 2.28. The minimum Gasteiger partial charge on any atom is -0.340 e. The summed E-state index contributed by atoms with van der Waals surface area (Å²) in [4.78, 5) is 41.9. The van der Waals surface area contributed by atoms with E-state index in [-0.39, 0.29) is 29.6 Å². The van der Waals surface area contributed by atoms with Crippen LogP contribution in [0.25, 0.3) is 0 Å². The first-order chi connectivity index (χ1) is 13.9. The van der Waals surface area contributed by atoms with E-state index >= 15 is 0 Å². The van der Waals surface area contributed by atoms with Crippen LogP contribution in [0.1, 0.15) is 49.9 Å². The average molecular weight is 420 g/mol. The first-order valence-electron chi connectivity index (χ1n) is 10.5. The molecule has 158 valence electrons. The predicted octanol–water partition coefficient (Wildman–Crippen LogP) is 2.96. The van der Waals surface area contributed by atoms with Gasteiger partial charge in [0.2, 0.25) is 11.8 Å². The fourth-order valence-electron chi connectivity index (χ4n) is 3.77. The van der Waals surface area contributed by atoms with Crippen LogP contribution in [0.2, 0.25) is 5.02 Å². The van der Waals surface area contributed by atoms with E-state index in [9.17, 15) is 14.4 Å². The van der Waals surface area contributed by atoms with Crippen LogP contribution in [0, 0.1) is 11.8 Å². The number of nitrogens with one attached hydrogen (secondary N) is 1. The van der Waals surface area contributed by atoms with E-state index in [0.717, 1.165) is 25.7 Å². The molecule has 6 nitrogen and oxygen atoms in total. The molecule has 1 N–H and O–H groups in total. The Bertz CT molecular complexity index is 740. The van der Waals surface area contributed by atoms with Gasteiger partial charge in [-0.3, -0.25) is 14.4 Å². The van der Waals surface area contributed by atoms with Gasteiger partial charge in [0, 0.05) is 42.7 Å². The predicted molar refractivity (Wildman–Crippen MR) is 113 cm³/mol. The molecule has 29 heavy (non-hydrogen) atoms. The van der Waals surface area contributed by atoms with Gasteiger partial charge in [0.25, 0.3) is 5.91 Å². The maximum absolute atomic E-state index is 13.2. The lowest BCUT2D eigenvalue weighted by molar-refractivity contribution is -0.145. The normalized spacial score (nSPS) is 19.3. The van der Waals surface area contributed by atoms with Crippen molar-refractivity contribution in [3.8, 4) is 0 Å². The molecule has 0 bridgehead atoms. The van der Waals surface area contributed by atoms with E-state index in [1.54, 1.807) is 29.2 Å². The van der Waals surface area contributed by atoms with E-state index in [1.807, 2.05) is 18.7 Å². The van der Waals surface area contributed by atoms with Gasteiger partial charge in [-0.25, -0.2) is 0 Å². The number of nitrogens with zero attached hydrogens (tertiary/aromatic N) is 2. The van der Waals surface area contributed by atoms with Crippen molar-refractivity contribution in [2.45, 2.75) is 45.6 Å². The summed E-state index contributed by atoms with van der Waals surface area (Å²) in [6.45, 7) is 6.15. The van der Waals surface area contributed by atoms with Crippen LogP contribution in [-0.4, -0.2) is 59.7 Å². The van der Waals surface area contributed by atoms with Crippen LogP contribution in [0.3, 0.4) is 0 Å². The van der Waals surface area contributed by atoms with Gasteiger partial charge in [-0.2, -0.15) is 0 Å². The Morgan fingerprint density at radius 3 is 2.17 bits per heavy atom. The van der Waals surface area contributed by atoms with Gasteiger partial charge in [-0.05, 0) is 43.0 Å². The van der Waals surface area contributed by atoms with Gasteiger partial charge in [0.15, 0.2) is 0 Å². The number of hydrogen-bond acceptors (Lipinski definition) is 3. The fourth-order valence-corrected chi connectivity index (χ4v) is 3.89. The van der Waals surface area contributed by atoms with E-state index in [4.69, 9.17) is 11.6 Å². The molecule has 7 heteroatoms. The molecule has 2 unspecified atom stereocenters. The fraction of sp³-hybridized carbons (Fsp3) is 0.591. The Kier molecular flexibility index (Phi) is 7.17. The molecule has 0 spiro atoms. The number of rotatable bonds is 6. The summed E-state index contributed by atoms with van der Waals surface area (Å²) < 4.78 is 0. The van der Waals surface area contributed by atoms with Crippen LogP contribution in [0.15, 0.2) is 24.3 Å². The molecule has 1 aliphatic heterocycles. The smallest absolute Gasteiger partial charge is 0.251 e. The lowest BCUT2D eigenvalue weighted by atomic mass is 9.84. The van der Waals surface area contributed by atoms with Gasteiger partial charge in [0.05, 0.1) is 0 Å². The van der Waals surface area contributed by atoms with Crippen molar-refractivity contribution in [3.05, 3.63) is 34.9 Å². The summed E-state index contributed by atoms with van der Waals surface area (Å²) in [5, 5.41) is 3.48. The summed E-state index contributed by atoms with van der Waals surface area (Å²) >= 11 is 5.89. The molecule has 3 rings (SSSR count). The third kappa shape index (κ3) is 5.10. The molecule has 2 fully saturated rings. The SMILES string of the molecule is CCC(C)C(NC(=O)c1ccc(Cl)cc1)C(=O)N1CCN(C(=O)C2CCC2)CC1. The van der Waals surface area contributed by atoms with Crippen LogP contribution < -0.4 is 5.32 Å². The molecule has 1 aromatic carbocycles. The largest absolute Gasteiger partial charge is 0.340 e. The molecule has 1 aliphatic carbocycles. The minimum atomic E-state index is -0.586. The van der Waals surface area contributed by atoms with E-state index < -0.39 is 6.04 Å². The Labute approximate surface area is 177 Å². The van der Waals surface area contributed by atoms with Gasteiger partial charge in [-0.1, -0.05) is 38.3 Å². The number of amides is 3. The van der Waals surface area contributed by atoms with Crippen LogP contribution in [-0.2, 0) is 9.59 Å². The molecule has 2 atom stereocenters. The number of carbonyl (C=O) groups excluding carboxylic acids is 3. The van der Waals surface area contributed by atoms with Crippen molar-refractivity contribution < 1.29 is 14.4 Å². The maximum atomic E-state index is 13.2. The molecule has 1 saturated heterocycles. The third-order valence-electron chi connectivity index (χ3n) is 6.23.